The minimum atomic E-state index is -0.236. The number of nitrogens with two attached hydrogens (primary N) is 1. The van der Waals surface area contributed by atoms with E-state index in [2.05, 4.69) is 27.8 Å². The van der Waals surface area contributed by atoms with E-state index in [1.54, 1.807) is 0 Å². The minimum absolute atomic E-state index is 0.101. The zero-order valence-corrected chi connectivity index (χ0v) is 12.7. The summed E-state index contributed by atoms with van der Waals surface area (Å²) in [5.41, 5.74) is 7.01. The van der Waals surface area contributed by atoms with E-state index in [0.717, 1.165) is 36.2 Å². The van der Waals surface area contributed by atoms with Gasteiger partial charge in [0.1, 0.15) is 5.82 Å². The van der Waals surface area contributed by atoms with Crippen LogP contribution in [0.1, 0.15) is 24.9 Å². The number of ether oxygens (including phenoxy) is 1. The summed E-state index contributed by atoms with van der Waals surface area (Å²) in [6, 6.07) is 5.28. The van der Waals surface area contributed by atoms with E-state index >= 15 is 0 Å². The van der Waals surface area contributed by atoms with Gasteiger partial charge < -0.3 is 10.5 Å². The van der Waals surface area contributed by atoms with E-state index in [1.165, 1.54) is 12.1 Å². The fourth-order valence-corrected chi connectivity index (χ4v) is 3.26. The van der Waals surface area contributed by atoms with Crippen LogP contribution in [-0.4, -0.2) is 37.2 Å². The van der Waals surface area contributed by atoms with Crippen LogP contribution < -0.4 is 5.73 Å². The highest BCUT2D eigenvalue weighted by Crippen LogP contribution is 2.30. The molecule has 2 unspecified atom stereocenters. The number of hydrogen-bond donors (Lipinski definition) is 1. The molecule has 1 aromatic carbocycles. The summed E-state index contributed by atoms with van der Waals surface area (Å²) < 4.78 is 19.5. The number of rotatable bonds is 4. The summed E-state index contributed by atoms with van der Waals surface area (Å²) >= 11 is 3.44. The Kier molecular flexibility index (Phi) is 5.33. The van der Waals surface area contributed by atoms with Gasteiger partial charge in [-0.05, 0) is 24.1 Å². The topological polar surface area (TPSA) is 38.5 Å². The van der Waals surface area contributed by atoms with Crippen molar-refractivity contribution in [2.24, 2.45) is 5.73 Å². The lowest BCUT2D eigenvalue weighted by atomic mass is 10.0. The summed E-state index contributed by atoms with van der Waals surface area (Å²) in [5, 5.41) is 0. The number of hydrogen-bond acceptors (Lipinski definition) is 3. The zero-order valence-electron chi connectivity index (χ0n) is 11.1. The molecule has 1 aliphatic rings. The van der Waals surface area contributed by atoms with E-state index in [0.29, 0.717) is 12.6 Å². The molecular weight excluding hydrogens is 311 g/mol. The molecule has 0 amide bonds. The highest BCUT2D eigenvalue weighted by molar-refractivity contribution is 9.10. The van der Waals surface area contributed by atoms with Gasteiger partial charge in [-0.1, -0.05) is 28.9 Å². The average molecular weight is 331 g/mol. The van der Waals surface area contributed by atoms with E-state index in [1.807, 2.05) is 6.07 Å². The highest BCUT2D eigenvalue weighted by atomic mass is 79.9. The van der Waals surface area contributed by atoms with Crippen molar-refractivity contribution in [2.45, 2.75) is 25.4 Å². The maximum absolute atomic E-state index is 13.2. The van der Waals surface area contributed by atoms with Gasteiger partial charge in [0.2, 0.25) is 0 Å². The predicted molar refractivity (Wildman–Crippen MR) is 77.5 cm³/mol. The summed E-state index contributed by atoms with van der Waals surface area (Å²) in [5.74, 6) is -0.236. The van der Waals surface area contributed by atoms with Gasteiger partial charge in [0, 0.05) is 29.6 Å². The lowest BCUT2D eigenvalue weighted by Crippen LogP contribution is -2.48. The fourth-order valence-electron chi connectivity index (χ4n) is 2.64. The Morgan fingerprint density at radius 1 is 1.58 bits per heavy atom. The molecule has 2 rings (SSSR count). The normalized spacial score (nSPS) is 22.4. The maximum Gasteiger partial charge on any atom is 0.124 e. The van der Waals surface area contributed by atoms with Crippen molar-refractivity contribution in [2.75, 3.05) is 26.3 Å². The van der Waals surface area contributed by atoms with Crippen molar-refractivity contribution < 1.29 is 9.13 Å². The van der Waals surface area contributed by atoms with Gasteiger partial charge in [-0.15, -0.1) is 0 Å². The molecule has 1 aromatic rings. The van der Waals surface area contributed by atoms with Gasteiger partial charge in [0.25, 0.3) is 0 Å². The lowest BCUT2D eigenvalue weighted by molar-refractivity contribution is -0.0292. The summed E-state index contributed by atoms with van der Waals surface area (Å²) in [6.45, 7) is 5.00. The van der Waals surface area contributed by atoms with E-state index < -0.39 is 0 Å². The lowest BCUT2D eigenvalue weighted by Gasteiger charge is -2.40. The molecule has 19 heavy (non-hydrogen) atoms. The van der Waals surface area contributed by atoms with Crippen molar-refractivity contribution in [3.63, 3.8) is 0 Å². The third kappa shape index (κ3) is 3.34. The van der Waals surface area contributed by atoms with Gasteiger partial charge in [0.15, 0.2) is 0 Å². The molecule has 0 spiro atoms. The summed E-state index contributed by atoms with van der Waals surface area (Å²) in [6.07, 6.45) is 1.02. The molecule has 1 fully saturated rings. The molecule has 0 saturated carbocycles. The summed E-state index contributed by atoms with van der Waals surface area (Å²) in [7, 11) is 0. The Hall–Kier alpha value is -0.490. The van der Waals surface area contributed by atoms with Crippen LogP contribution in [0.5, 0.6) is 0 Å². The van der Waals surface area contributed by atoms with Crippen LogP contribution in [0.4, 0.5) is 4.39 Å². The first-order valence-electron chi connectivity index (χ1n) is 6.65. The third-order valence-corrected chi connectivity index (χ3v) is 4.38. The van der Waals surface area contributed by atoms with Crippen LogP contribution in [0.2, 0.25) is 0 Å². The second-order valence-electron chi connectivity index (χ2n) is 4.79. The quantitative estimate of drug-likeness (QED) is 0.922. The summed E-state index contributed by atoms with van der Waals surface area (Å²) in [4.78, 5) is 2.38. The van der Waals surface area contributed by atoms with E-state index in [9.17, 15) is 4.39 Å². The van der Waals surface area contributed by atoms with Gasteiger partial charge >= 0.3 is 0 Å². The Labute approximate surface area is 122 Å². The third-order valence-electron chi connectivity index (χ3n) is 3.69. The largest absolute Gasteiger partial charge is 0.378 e. The molecule has 0 aliphatic carbocycles. The smallest absolute Gasteiger partial charge is 0.124 e. The molecular formula is C14H20BrFN2O. The van der Waals surface area contributed by atoms with Gasteiger partial charge in [-0.3, -0.25) is 4.90 Å². The predicted octanol–water partition coefficient (Wildman–Crippen LogP) is 2.70. The maximum atomic E-state index is 13.2. The average Bonchev–Trinajstić information content (AvgIpc) is 2.42. The number of benzene rings is 1. The highest BCUT2D eigenvalue weighted by Gasteiger charge is 2.29. The van der Waals surface area contributed by atoms with Gasteiger partial charge in [-0.25, -0.2) is 4.39 Å². The number of morpholine rings is 1. The van der Waals surface area contributed by atoms with Crippen LogP contribution in [0, 0.1) is 5.82 Å². The second-order valence-corrected chi connectivity index (χ2v) is 5.65. The van der Waals surface area contributed by atoms with Crippen molar-refractivity contribution >= 4 is 15.9 Å². The van der Waals surface area contributed by atoms with Crippen LogP contribution in [0.3, 0.4) is 0 Å². The molecule has 0 bridgehead atoms. The second kappa shape index (κ2) is 6.79. The van der Waals surface area contributed by atoms with E-state index in [-0.39, 0.29) is 11.9 Å². The van der Waals surface area contributed by atoms with Crippen LogP contribution >= 0.6 is 15.9 Å². The van der Waals surface area contributed by atoms with Gasteiger partial charge in [-0.2, -0.15) is 0 Å². The molecule has 5 heteroatoms. The molecule has 1 aliphatic heterocycles. The monoisotopic (exact) mass is 330 g/mol. The Bertz CT molecular complexity index is 430. The Morgan fingerprint density at radius 2 is 2.37 bits per heavy atom. The SMILES string of the molecule is CCC1COCCN1C(CN)c1ccc(F)cc1Br. The molecule has 1 saturated heterocycles. The first kappa shape index (κ1) is 14.9. The molecule has 0 aromatic heterocycles. The fraction of sp³-hybridized carbons (Fsp3) is 0.571. The molecule has 0 radical (unpaired) electrons. The van der Waals surface area contributed by atoms with Crippen molar-refractivity contribution in [1.29, 1.82) is 0 Å². The van der Waals surface area contributed by atoms with Crippen LogP contribution in [-0.2, 0) is 4.74 Å². The zero-order chi connectivity index (χ0) is 13.8. The molecule has 1 heterocycles. The number of nitrogens with zero attached hydrogens (tertiary/aromatic N) is 1. The molecule has 106 valence electrons. The Balaban J connectivity index is 2.27. The minimum Gasteiger partial charge on any atom is -0.378 e. The van der Waals surface area contributed by atoms with Crippen molar-refractivity contribution in [3.8, 4) is 0 Å². The van der Waals surface area contributed by atoms with Crippen LogP contribution in [0.15, 0.2) is 22.7 Å². The molecule has 2 atom stereocenters. The number of halogens is 2. The molecule has 2 N–H and O–H groups in total. The Morgan fingerprint density at radius 3 is 3.00 bits per heavy atom. The van der Waals surface area contributed by atoms with Crippen LogP contribution in [0.25, 0.3) is 0 Å². The standard InChI is InChI=1S/C14H20BrFN2O/c1-2-11-9-19-6-5-18(11)14(8-17)12-4-3-10(16)7-13(12)15/h3-4,7,11,14H,2,5-6,8-9,17H2,1H3. The van der Waals surface area contributed by atoms with Crippen molar-refractivity contribution in [1.82, 2.24) is 4.90 Å². The first-order chi connectivity index (χ1) is 9.17. The van der Waals surface area contributed by atoms with Gasteiger partial charge in [0.05, 0.1) is 13.2 Å². The first-order valence-corrected chi connectivity index (χ1v) is 7.45. The van der Waals surface area contributed by atoms with Crippen molar-refractivity contribution in [3.05, 3.63) is 34.1 Å². The van der Waals surface area contributed by atoms with E-state index in [4.69, 9.17) is 10.5 Å². The molecule has 3 nitrogen and oxygen atoms in total.